The van der Waals surface area contributed by atoms with Crippen molar-refractivity contribution >= 4 is 66.7 Å². The van der Waals surface area contributed by atoms with Crippen molar-refractivity contribution in [2.45, 2.75) is 0 Å². The summed E-state index contributed by atoms with van der Waals surface area (Å²) >= 11 is 0. The zero-order valence-electron chi connectivity index (χ0n) is 28.1. The van der Waals surface area contributed by atoms with E-state index < -0.39 is 7.14 Å². The minimum Gasteiger partial charge on any atom is -0.309 e. The van der Waals surface area contributed by atoms with Gasteiger partial charge < -0.3 is 13.7 Å². The van der Waals surface area contributed by atoms with Crippen LogP contribution in [0.15, 0.2) is 188 Å². The summed E-state index contributed by atoms with van der Waals surface area (Å²) in [6.07, 6.45) is 0. The molecule has 0 fully saturated rings. The fourth-order valence-corrected chi connectivity index (χ4v) is 11.7. The van der Waals surface area contributed by atoms with E-state index >= 15 is 4.57 Å². The average molecular weight is 683 g/mol. The summed E-state index contributed by atoms with van der Waals surface area (Å²) in [7, 11) is -3.08. The minimum absolute atomic E-state index is 0.871. The van der Waals surface area contributed by atoms with Gasteiger partial charge in [-0.05, 0) is 65.2 Å². The Labute approximate surface area is 301 Å². The summed E-state index contributed by atoms with van der Waals surface area (Å²) in [5.74, 6) is 0. The molecule has 3 heterocycles. The Kier molecular flexibility index (Phi) is 6.23. The third kappa shape index (κ3) is 4.00. The van der Waals surface area contributed by atoms with E-state index in [1.807, 2.05) is 36.4 Å². The maximum atomic E-state index is 15.4. The van der Waals surface area contributed by atoms with Gasteiger partial charge in [0.1, 0.15) is 0 Å². The van der Waals surface area contributed by atoms with Crippen LogP contribution in [0, 0.1) is 0 Å². The van der Waals surface area contributed by atoms with E-state index in [1.165, 1.54) is 32.8 Å². The van der Waals surface area contributed by atoms with Crippen LogP contribution in [0.5, 0.6) is 0 Å². The van der Waals surface area contributed by atoms with Gasteiger partial charge in [0.2, 0.25) is 0 Å². The van der Waals surface area contributed by atoms with Crippen LogP contribution in [0.25, 0.3) is 77.2 Å². The van der Waals surface area contributed by atoms with Gasteiger partial charge >= 0.3 is 0 Å². The van der Waals surface area contributed by atoms with Crippen molar-refractivity contribution in [2.24, 2.45) is 0 Å². The van der Waals surface area contributed by atoms with E-state index in [0.29, 0.717) is 0 Å². The standard InChI is InChI=1S/C48H31N2OP/c51-52(36-15-5-2-6-16-36)45-22-12-9-19-41(45)47-46(52)30-29-40-38-18-8-11-21-43(38)50(48(40)47)35-26-23-32(24-27-35)33-25-28-39-37-17-7-10-20-42(37)49(44(39)31-33)34-13-3-1-4-14-34/h1-31H. The van der Waals surface area contributed by atoms with Gasteiger partial charge in [0.15, 0.2) is 7.14 Å². The first kappa shape index (κ1) is 29.3. The number of para-hydroxylation sites is 3. The van der Waals surface area contributed by atoms with Gasteiger partial charge in [0.25, 0.3) is 0 Å². The van der Waals surface area contributed by atoms with Crippen LogP contribution in [-0.4, -0.2) is 9.13 Å². The molecule has 8 aromatic carbocycles. The normalized spacial score (nSPS) is 15.1. The average Bonchev–Trinajstić information content (AvgIpc) is 3.82. The molecule has 0 aliphatic carbocycles. The molecule has 0 saturated carbocycles. The number of aromatic nitrogens is 2. The molecule has 3 nitrogen and oxygen atoms in total. The second-order valence-electron chi connectivity index (χ2n) is 13.6. The molecule has 1 aliphatic rings. The van der Waals surface area contributed by atoms with E-state index in [9.17, 15) is 0 Å². The number of benzene rings is 8. The molecular formula is C48H31N2OP. The van der Waals surface area contributed by atoms with Gasteiger partial charge in [-0.15, -0.1) is 0 Å². The van der Waals surface area contributed by atoms with Crippen LogP contribution in [0.3, 0.4) is 0 Å². The first-order valence-corrected chi connectivity index (χ1v) is 19.4. The molecule has 1 atom stereocenters. The summed E-state index contributed by atoms with van der Waals surface area (Å²) in [4.78, 5) is 0. The molecule has 0 spiro atoms. The summed E-state index contributed by atoms with van der Waals surface area (Å²) in [6, 6.07) is 66.2. The highest BCUT2D eigenvalue weighted by atomic mass is 31.2. The number of rotatable bonds is 4. The molecule has 1 aliphatic heterocycles. The highest BCUT2D eigenvalue weighted by Crippen LogP contribution is 2.54. The van der Waals surface area contributed by atoms with E-state index in [0.717, 1.165) is 60.4 Å². The van der Waals surface area contributed by atoms with Gasteiger partial charge in [0, 0.05) is 54.4 Å². The van der Waals surface area contributed by atoms with Crippen LogP contribution in [0.2, 0.25) is 0 Å². The fourth-order valence-electron chi connectivity index (χ4n) is 8.66. The Morgan fingerprint density at radius 1 is 0.385 bits per heavy atom. The molecule has 2 aromatic heterocycles. The number of hydrogen-bond acceptors (Lipinski definition) is 1. The van der Waals surface area contributed by atoms with Gasteiger partial charge in [-0.1, -0.05) is 140 Å². The maximum Gasteiger partial charge on any atom is 0.172 e. The summed E-state index contributed by atoms with van der Waals surface area (Å²) in [5.41, 5.74) is 11.3. The lowest BCUT2D eigenvalue weighted by Gasteiger charge is -2.16. The van der Waals surface area contributed by atoms with Crippen molar-refractivity contribution in [2.75, 3.05) is 0 Å². The van der Waals surface area contributed by atoms with Gasteiger partial charge in [-0.25, -0.2) is 0 Å². The molecule has 0 N–H and O–H groups in total. The van der Waals surface area contributed by atoms with Crippen LogP contribution >= 0.6 is 7.14 Å². The quantitative estimate of drug-likeness (QED) is 0.170. The van der Waals surface area contributed by atoms with Crippen LogP contribution in [-0.2, 0) is 4.57 Å². The molecule has 10 aromatic rings. The lowest BCUT2D eigenvalue weighted by atomic mass is 10.0. The fraction of sp³-hybridized carbons (Fsp3) is 0. The van der Waals surface area contributed by atoms with Crippen molar-refractivity contribution in [1.82, 2.24) is 9.13 Å². The predicted octanol–water partition coefficient (Wildman–Crippen LogP) is 11.2. The maximum absolute atomic E-state index is 15.4. The molecular weight excluding hydrogens is 652 g/mol. The highest BCUT2D eigenvalue weighted by Gasteiger charge is 2.41. The smallest absolute Gasteiger partial charge is 0.172 e. The number of nitrogens with zero attached hydrogens (tertiary/aromatic N) is 2. The van der Waals surface area contributed by atoms with Crippen LogP contribution in [0.1, 0.15) is 0 Å². The lowest BCUT2D eigenvalue weighted by Crippen LogP contribution is -2.20. The molecule has 0 amide bonds. The third-order valence-corrected chi connectivity index (χ3v) is 14.1. The van der Waals surface area contributed by atoms with E-state index in [4.69, 9.17) is 0 Å². The molecule has 0 bridgehead atoms. The molecule has 0 radical (unpaired) electrons. The summed E-state index contributed by atoms with van der Waals surface area (Å²) in [6.45, 7) is 0. The van der Waals surface area contributed by atoms with Gasteiger partial charge in [0.05, 0.1) is 22.1 Å². The molecule has 11 rings (SSSR count). The van der Waals surface area contributed by atoms with Crippen molar-refractivity contribution in [3.05, 3.63) is 188 Å². The van der Waals surface area contributed by atoms with E-state index in [2.05, 4.69) is 161 Å². The van der Waals surface area contributed by atoms with Crippen LogP contribution < -0.4 is 15.9 Å². The largest absolute Gasteiger partial charge is 0.309 e. The Morgan fingerprint density at radius 3 is 1.71 bits per heavy atom. The highest BCUT2D eigenvalue weighted by molar-refractivity contribution is 7.86. The second kappa shape index (κ2) is 11.0. The zero-order chi connectivity index (χ0) is 34.4. The Balaban J connectivity index is 1.12. The predicted molar refractivity (Wildman–Crippen MR) is 219 cm³/mol. The zero-order valence-corrected chi connectivity index (χ0v) is 29.0. The lowest BCUT2D eigenvalue weighted by molar-refractivity contribution is 0.593. The molecule has 52 heavy (non-hydrogen) atoms. The Morgan fingerprint density at radius 2 is 0.942 bits per heavy atom. The topological polar surface area (TPSA) is 26.9 Å². The van der Waals surface area contributed by atoms with Crippen LogP contribution in [0.4, 0.5) is 0 Å². The second-order valence-corrected chi connectivity index (χ2v) is 16.3. The molecule has 4 heteroatoms. The summed E-state index contributed by atoms with van der Waals surface area (Å²) in [5, 5.41) is 7.54. The Bertz CT molecular complexity index is 3080. The first-order chi connectivity index (χ1) is 25.7. The van der Waals surface area contributed by atoms with Crippen molar-refractivity contribution < 1.29 is 4.57 Å². The monoisotopic (exact) mass is 682 g/mol. The van der Waals surface area contributed by atoms with E-state index in [1.54, 1.807) is 0 Å². The minimum atomic E-state index is -3.08. The van der Waals surface area contributed by atoms with Gasteiger partial charge in [-0.2, -0.15) is 0 Å². The first-order valence-electron chi connectivity index (χ1n) is 17.7. The molecule has 244 valence electrons. The number of hydrogen-bond donors (Lipinski definition) is 0. The molecule has 1 unspecified atom stereocenters. The Hall–Kier alpha value is -6.41. The third-order valence-electron chi connectivity index (χ3n) is 10.9. The SMILES string of the molecule is O=P1(c2ccccc2)c2ccccc2-c2c1ccc1c3ccccc3n(-c3ccc(-c4ccc5c6ccccc6n(-c6ccccc6)c5c4)cc3)c21. The van der Waals surface area contributed by atoms with Gasteiger partial charge in [-0.3, -0.25) is 0 Å². The molecule has 0 saturated heterocycles. The number of fused-ring (bicyclic) bond motifs is 10. The van der Waals surface area contributed by atoms with Crippen molar-refractivity contribution in [3.63, 3.8) is 0 Å². The van der Waals surface area contributed by atoms with Crippen molar-refractivity contribution in [3.8, 4) is 33.6 Å². The van der Waals surface area contributed by atoms with E-state index in [-0.39, 0.29) is 0 Å². The summed E-state index contributed by atoms with van der Waals surface area (Å²) < 4.78 is 20.2. The van der Waals surface area contributed by atoms with Crippen molar-refractivity contribution in [1.29, 1.82) is 0 Å².